The minimum Gasteiger partial charge on any atom is -0.495 e. The first kappa shape index (κ1) is 40.0. The van der Waals surface area contributed by atoms with Crippen LogP contribution in [0.4, 0.5) is 0 Å². The predicted octanol–water partition coefficient (Wildman–Crippen LogP) is -1.47. The molecule has 21 heteroatoms. The van der Waals surface area contributed by atoms with Crippen molar-refractivity contribution in [1.29, 1.82) is 0 Å². The number of methoxy groups -OCH3 is 1. The molecule has 0 unspecified atom stereocenters. The second-order valence-corrected chi connectivity index (χ2v) is 14.7. The van der Waals surface area contributed by atoms with Crippen LogP contribution in [0.1, 0.15) is 0 Å². The normalized spacial score (nSPS) is 11.9. The van der Waals surface area contributed by atoms with Crippen molar-refractivity contribution in [2.24, 2.45) is 0 Å². The van der Waals surface area contributed by atoms with E-state index >= 15 is 0 Å². The Balaban J connectivity index is 0.00000105. The summed E-state index contributed by atoms with van der Waals surface area (Å²) in [5.41, 5.74) is 2.57. The van der Waals surface area contributed by atoms with Gasteiger partial charge in [0, 0.05) is 17.2 Å². The molecule has 0 radical (unpaired) electrons. The quantitative estimate of drug-likeness (QED) is 0.120. The standard InChI is InChI=1S/C29H22N2O10S3.ClHO4.H2O/c1-41-27-14-9-21(18-28(27)44(38,39)40)22-16-25(19-5-10-23(11-6-19)42(32,33)34)31(29-4-2-3-15-30-29)26(17-22)20-7-12-24(13-8-20)43(35,36)37;2-1(3,4)5;/h2-18H,1H3,(H2-,32,33,34,35,36,37,38,39,40);(H,2,3,4,5);1H2. The zero-order valence-corrected chi connectivity index (χ0v) is 28.3. The van der Waals surface area contributed by atoms with Gasteiger partial charge in [-0.05, 0) is 95.0 Å². The maximum atomic E-state index is 12.2. The zero-order chi connectivity index (χ0) is 36.4. The van der Waals surface area contributed by atoms with Crippen LogP contribution in [0, 0.1) is 10.2 Å². The monoisotopic (exact) mass is 772 g/mol. The molecule has 17 nitrogen and oxygen atoms in total. The van der Waals surface area contributed by atoms with Gasteiger partial charge in [-0.15, -0.1) is 10.2 Å². The van der Waals surface area contributed by atoms with E-state index in [4.69, 9.17) is 23.4 Å². The average Bonchev–Trinajstić information content (AvgIpc) is 3.02. The fourth-order valence-corrected chi connectivity index (χ4v) is 6.21. The van der Waals surface area contributed by atoms with Crippen LogP contribution in [0.2, 0.25) is 0 Å². The summed E-state index contributed by atoms with van der Waals surface area (Å²) in [6.07, 6.45) is 1.55. The highest BCUT2D eigenvalue weighted by molar-refractivity contribution is 7.86. The summed E-state index contributed by atoms with van der Waals surface area (Å²) in [5, 5.41) is 0. The van der Waals surface area contributed by atoms with Crippen molar-refractivity contribution in [1.82, 2.24) is 4.98 Å². The van der Waals surface area contributed by atoms with Gasteiger partial charge in [-0.1, -0.05) is 12.1 Å². The van der Waals surface area contributed by atoms with Gasteiger partial charge in [0.1, 0.15) is 28.2 Å². The van der Waals surface area contributed by atoms with E-state index in [0.717, 1.165) is 0 Å². The minimum absolute atomic E-state index is 0. The second-order valence-electron chi connectivity index (χ2n) is 9.76. The molecular weight excluding hydrogens is 748 g/mol. The molecule has 0 aliphatic carbocycles. The summed E-state index contributed by atoms with van der Waals surface area (Å²) in [5.74, 6) is 0.327. The van der Waals surface area contributed by atoms with E-state index < -0.39 is 45.5 Å². The van der Waals surface area contributed by atoms with Gasteiger partial charge in [-0.2, -0.15) is 29.8 Å². The molecule has 5 aromatic rings. The highest BCUT2D eigenvalue weighted by Gasteiger charge is 2.25. The fourth-order valence-electron chi connectivity index (χ4n) is 4.57. The van der Waals surface area contributed by atoms with E-state index in [1.807, 2.05) is 0 Å². The van der Waals surface area contributed by atoms with Crippen LogP contribution < -0.4 is 27.9 Å². The van der Waals surface area contributed by atoms with Crippen molar-refractivity contribution < 1.29 is 82.6 Å². The van der Waals surface area contributed by atoms with Gasteiger partial charge in [0.05, 0.1) is 16.9 Å². The Bertz CT molecular complexity index is 2210. The lowest BCUT2D eigenvalue weighted by Crippen LogP contribution is -2.68. The number of aromatic nitrogens is 2. The fraction of sp³-hybridized carbons (Fsp3) is 0.0345. The molecule has 0 fully saturated rings. The second kappa shape index (κ2) is 15.2. The first-order valence-electron chi connectivity index (χ1n) is 13.1. The SMILES string of the molecule is COc1ccc(-c2cc(-c3ccc(S(=O)(=O)O)cc3)[n+](-c3ccccn3)c(-c3ccc(S(=O)(=O)O)cc3)c2)cc1S(=O)(=O)O.O.[O-][Cl+3]([O-])([O-])[O-]. The van der Waals surface area contributed by atoms with Crippen molar-refractivity contribution >= 4 is 30.4 Å². The summed E-state index contributed by atoms with van der Waals surface area (Å²) >= 11 is 0. The summed E-state index contributed by atoms with van der Waals surface area (Å²) in [7, 11) is -17.4. The van der Waals surface area contributed by atoms with E-state index in [1.54, 1.807) is 47.2 Å². The largest absolute Gasteiger partial charge is 0.495 e. The number of rotatable bonds is 8. The van der Waals surface area contributed by atoms with Gasteiger partial charge < -0.3 is 10.2 Å². The molecule has 0 saturated carbocycles. The highest BCUT2D eigenvalue weighted by Crippen LogP contribution is 2.34. The first-order chi connectivity index (χ1) is 22.7. The third-order valence-corrected chi connectivity index (χ3v) is 9.23. The number of pyridine rings is 2. The van der Waals surface area contributed by atoms with Crippen molar-refractivity contribution in [2.75, 3.05) is 7.11 Å². The van der Waals surface area contributed by atoms with Crippen LogP contribution >= 0.6 is 0 Å². The van der Waals surface area contributed by atoms with E-state index in [2.05, 4.69) is 4.98 Å². The van der Waals surface area contributed by atoms with Crippen LogP contribution in [0.3, 0.4) is 0 Å². The number of ether oxygens (including phenoxy) is 1. The molecule has 5 rings (SSSR count). The minimum atomic E-state index is -4.94. The molecule has 0 saturated heterocycles. The average molecular weight is 773 g/mol. The van der Waals surface area contributed by atoms with E-state index in [9.17, 15) is 38.9 Å². The van der Waals surface area contributed by atoms with Gasteiger partial charge in [0.2, 0.25) is 0 Å². The lowest BCUT2D eigenvalue weighted by molar-refractivity contribution is -2.00. The lowest BCUT2D eigenvalue weighted by Gasteiger charge is -2.17. The Morgan fingerprint density at radius 3 is 1.42 bits per heavy atom. The van der Waals surface area contributed by atoms with Gasteiger partial charge in [0.25, 0.3) is 30.4 Å². The molecular formula is C29H25ClN2O15S3. The highest BCUT2D eigenvalue weighted by atomic mass is 35.7. The van der Waals surface area contributed by atoms with Gasteiger partial charge >= 0.3 is 5.82 Å². The Hall–Kier alpha value is -4.42. The van der Waals surface area contributed by atoms with Crippen LogP contribution in [0.25, 0.3) is 39.5 Å². The molecule has 3 aromatic carbocycles. The van der Waals surface area contributed by atoms with Crippen LogP contribution in [0.5, 0.6) is 5.75 Å². The van der Waals surface area contributed by atoms with Gasteiger partial charge in [-0.3, -0.25) is 13.7 Å². The van der Waals surface area contributed by atoms with E-state index in [1.165, 1.54) is 67.8 Å². The molecule has 0 aliphatic rings. The maximum Gasteiger partial charge on any atom is 0.328 e. The first-order valence-corrected chi connectivity index (χ1v) is 18.7. The molecule has 0 aliphatic heterocycles. The van der Waals surface area contributed by atoms with Gasteiger partial charge in [-0.25, -0.2) is 18.6 Å². The Kier molecular flexibility index (Phi) is 12.2. The molecule has 0 spiro atoms. The lowest BCUT2D eigenvalue weighted by atomic mass is 9.98. The van der Waals surface area contributed by atoms with E-state index in [0.29, 0.717) is 39.5 Å². The van der Waals surface area contributed by atoms with Gasteiger partial charge in [0.15, 0.2) is 0 Å². The topological polar surface area (TPSA) is 313 Å². The number of nitrogens with zero attached hydrogens (tertiary/aromatic N) is 2. The smallest absolute Gasteiger partial charge is 0.328 e. The zero-order valence-electron chi connectivity index (χ0n) is 25.1. The van der Waals surface area contributed by atoms with Crippen molar-refractivity contribution in [3.05, 3.63) is 103 Å². The van der Waals surface area contributed by atoms with E-state index in [-0.39, 0.29) is 21.0 Å². The summed E-state index contributed by atoms with van der Waals surface area (Å²) in [4.78, 5) is 3.32. The predicted molar refractivity (Wildman–Crippen MR) is 162 cm³/mol. The Labute approximate surface area is 287 Å². The summed E-state index contributed by atoms with van der Waals surface area (Å²) < 4.78 is 141. The van der Waals surface area contributed by atoms with Crippen molar-refractivity contribution in [3.63, 3.8) is 0 Å². The number of hydrogen-bond donors (Lipinski definition) is 3. The molecule has 2 heterocycles. The van der Waals surface area contributed by atoms with Crippen molar-refractivity contribution in [2.45, 2.75) is 14.7 Å². The van der Waals surface area contributed by atoms with Crippen LogP contribution in [-0.4, -0.2) is 56.5 Å². The number of halogens is 1. The molecule has 2 aromatic heterocycles. The van der Waals surface area contributed by atoms with Crippen LogP contribution in [0.15, 0.2) is 118 Å². The summed E-state index contributed by atoms with van der Waals surface area (Å²) in [6, 6.07) is 23.4. The molecule has 0 bridgehead atoms. The van der Waals surface area contributed by atoms with Crippen molar-refractivity contribution in [3.8, 4) is 45.2 Å². The Morgan fingerprint density at radius 1 is 0.620 bits per heavy atom. The van der Waals surface area contributed by atoms with Crippen LogP contribution in [-0.2, 0) is 30.4 Å². The molecule has 266 valence electrons. The molecule has 50 heavy (non-hydrogen) atoms. The summed E-state index contributed by atoms with van der Waals surface area (Å²) in [6.45, 7) is 0. The maximum absolute atomic E-state index is 12.2. The molecule has 5 N–H and O–H groups in total. The molecule has 0 atom stereocenters. The third-order valence-electron chi connectivity index (χ3n) is 6.62. The number of hydrogen-bond acceptors (Lipinski definition) is 12. The Morgan fingerprint density at radius 2 is 1.06 bits per heavy atom. The third kappa shape index (κ3) is 10.1. The molecule has 0 amide bonds. The number of benzene rings is 3.